The summed E-state index contributed by atoms with van der Waals surface area (Å²) in [6, 6.07) is 5.17. The molecule has 0 saturated carbocycles. The highest BCUT2D eigenvalue weighted by atomic mass is 79.9. The van der Waals surface area contributed by atoms with Crippen molar-refractivity contribution in [2.75, 3.05) is 25.0 Å². The highest BCUT2D eigenvalue weighted by Crippen LogP contribution is 2.28. The number of hydrogen-bond acceptors (Lipinski definition) is 2. The van der Waals surface area contributed by atoms with Gasteiger partial charge in [0.05, 0.1) is 0 Å². The number of nitrogens with zero attached hydrogens (tertiary/aromatic N) is 1. The summed E-state index contributed by atoms with van der Waals surface area (Å²) in [5, 5.41) is 3.35. The van der Waals surface area contributed by atoms with Gasteiger partial charge in [-0.25, -0.2) is 0 Å². The number of anilines is 1. The van der Waals surface area contributed by atoms with Gasteiger partial charge in [-0.05, 0) is 50.6 Å². The summed E-state index contributed by atoms with van der Waals surface area (Å²) in [7, 11) is 2.05. The molecule has 0 bridgehead atoms. The quantitative estimate of drug-likeness (QED) is 0.898. The zero-order chi connectivity index (χ0) is 11.7. The second-order valence-electron chi connectivity index (χ2n) is 4.59. The zero-order valence-corrected chi connectivity index (χ0v) is 11.8. The molecule has 1 atom stereocenters. The molecule has 1 aliphatic rings. The van der Waals surface area contributed by atoms with Gasteiger partial charge < -0.3 is 10.2 Å². The molecule has 16 heavy (non-hydrogen) atoms. The number of benzene rings is 1. The summed E-state index contributed by atoms with van der Waals surface area (Å²) in [4.78, 5) is 2.46. The average Bonchev–Trinajstić information content (AvgIpc) is 2.73. The van der Waals surface area contributed by atoms with Crippen LogP contribution in [0.5, 0.6) is 0 Å². The number of halogens is 1. The van der Waals surface area contributed by atoms with Crippen LogP contribution >= 0.6 is 15.9 Å². The number of rotatable bonds is 2. The maximum absolute atomic E-state index is 3.63. The molecule has 1 aliphatic heterocycles. The summed E-state index contributed by atoms with van der Waals surface area (Å²) in [6.07, 6.45) is 1.24. The molecule has 2 nitrogen and oxygen atoms in total. The van der Waals surface area contributed by atoms with Crippen molar-refractivity contribution >= 4 is 21.6 Å². The molecule has 1 aromatic rings. The highest BCUT2D eigenvalue weighted by Gasteiger charge is 2.21. The first kappa shape index (κ1) is 11.9. The van der Waals surface area contributed by atoms with Gasteiger partial charge in [0.15, 0.2) is 0 Å². The molecule has 1 aromatic carbocycles. The van der Waals surface area contributed by atoms with Gasteiger partial charge in [0.25, 0.3) is 0 Å². The van der Waals surface area contributed by atoms with Crippen molar-refractivity contribution in [1.29, 1.82) is 0 Å². The predicted molar refractivity (Wildman–Crippen MR) is 73.3 cm³/mol. The molecular weight excluding hydrogens is 264 g/mol. The summed E-state index contributed by atoms with van der Waals surface area (Å²) in [6.45, 7) is 6.60. The van der Waals surface area contributed by atoms with Crippen molar-refractivity contribution in [1.82, 2.24) is 5.32 Å². The minimum atomic E-state index is 0.639. The topological polar surface area (TPSA) is 15.3 Å². The zero-order valence-electron chi connectivity index (χ0n) is 10.2. The minimum Gasteiger partial charge on any atom is -0.370 e. The smallest absolute Gasteiger partial charge is 0.0380 e. The molecule has 0 radical (unpaired) electrons. The second kappa shape index (κ2) is 4.76. The van der Waals surface area contributed by atoms with Gasteiger partial charge in [-0.1, -0.05) is 15.9 Å². The van der Waals surface area contributed by atoms with Gasteiger partial charge in [0.2, 0.25) is 0 Å². The molecule has 88 valence electrons. The highest BCUT2D eigenvalue weighted by molar-refractivity contribution is 9.10. The summed E-state index contributed by atoms with van der Waals surface area (Å²) in [5.74, 6) is 0. The van der Waals surface area contributed by atoms with Crippen molar-refractivity contribution in [3.05, 3.63) is 27.7 Å². The number of hydrogen-bond donors (Lipinski definition) is 1. The van der Waals surface area contributed by atoms with E-state index in [0.29, 0.717) is 6.04 Å². The van der Waals surface area contributed by atoms with Gasteiger partial charge in [-0.3, -0.25) is 0 Å². The third kappa shape index (κ3) is 2.25. The maximum atomic E-state index is 3.63. The van der Waals surface area contributed by atoms with Gasteiger partial charge in [-0.15, -0.1) is 0 Å². The monoisotopic (exact) mass is 282 g/mol. The fourth-order valence-corrected chi connectivity index (χ4v) is 2.76. The Morgan fingerprint density at radius 3 is 2.69 bits per heavy atom. The molecule has 0 aromatic heterocycles. The van der Waals surface area contributed by atoms with E-state index in [-0.39, 0.29) is 0 Å². The van der Waals surface area contributed by atoms with E-state index in [1.165, 1.54) is 27.7 Å². The van der Waals surface area contributed by atoms with Gasteiger partial charge in [0, 0.05) is 29.3 Å². The summed E-state index contributed by atoms with van der Waals surface area (Å²) in [5.41, 5.74) is 4.04. The molecule has 3 heteroatoms. The lowest BCUT2D eigenvalue weighted by Crippen LogP contribution is -2.29. The van der Waals surface area contributed by atoms with Crippen LogP contribution in [-0.4, -0.2) is 26.2 Å². The fourth-order valence-electron chi connectivity index (χ4n) is 2.21. The molecule has 1 saturated heterocycles. The molecule has 0 spiro atoms. The van der Waals surface area contributed by atoms with E-state index in [0.717, 1.165) is 13.1 Å². The molecule has 1 N–H and O–H groups in total. The van der Waals surface area contributed by atoms with Gasteiger partial charge in [-0.2, -0.15) is 0 Å². The van der Waals surface area contributed by atoms with E-state index in [1.807, 2.05) is 7.05 Å². The first-order valence-corrected chi connectivity index (χ1v) is 6.60. The third-order valence-electron chi connectivity index (χ3n) is 3.55. The molecule has 1 heterocycles. The fraction of sp³-hybridized carbons (Fsp3) is 0.538. The van der Waals surface area contributed by atoms with Gasteiger partial charge >= 0.3 is 0 Å². The van der Waals surface area contributed by atoms with Crippen LogP contribution in [-0.2, 0) is 0 Å². The largest absolute Gasteiger partial charge is 0.370 e. The van der Waals surface area contributed by atoms with Gasteiger partial charge in [0.1, 0.15) is 0 Å². The van der Waals surface area contributed by atoms with E-state index in [4.69, 9.17) is 0 Å². The van der Waals surface area contributed by atoms with Crippen LogP contribution in [0.1, 0.15) is 17.5 Å². The van der Waals surface area contributed by atoms with E-state index < -0.39 is 0 Å². The Kier molecular flexibility index (Phi) is 3.55. The van der Waals surface area contributed by atoms with E-state index in [2.05, 4.69) is 52.1 Å². The Hall–Kier alpha value is -0.540. The molecule has 1 fully saturated rings. The van der Waals surface area contributed by atoms with E-state index in [1.54, 1.807) is 0 Å². The van der Waals surface area contributed by atoms with Crippen molar-refractivity contribution in [3.63, 3.8) is 0 Å². The van der Waals surface area contributed by atoms with Crippen LogP contribution in [0.4, 0.5) is 5.69 Å². The Labute approximate surface area is 106 Å². The average molecular weight is 283 g/mol. The van der Waals surface area contributed by atoms with E-state index in [9.17, 15) is 0 Å². The van der Waals surface area contributed by atoms with Crippen LogP contribution in [0.25, 0.3) is 0 Å². The van der Waals surface area contributed by atoms with Crippen LogP contribution < -0.4 is 10.2 Å². The van der Waals surface area contributed by atoms with Crippen LogP contribution in [0.3, 0.4) is 0 Å². The van der Waals surface area contributed by atoms with Crippen molar-refractivity contribution in [2.24, 2.45) is 0 Å². The number of likely N-dealkylation sites (N-methyl/N-ethyl adjacent to an activating group) is 1. The third-order valence-corrected chi connectivity index (χ3v) is 4.37. The van der Waals surface area contributed by atoms with Crippen LogP contribution in [0.2, 0.25) is 0 Å². The molecule has 2 rings (SSSR count). The minimum absolute atomic E-state index is 0.639. The Morgan fingerprint density at radius 2 is 2.12 bits per heavy atom. The summed E-state index contributed by atoms with van der Waals surface area (Å²) < 4.78 is 1.22. The Morgan fingerprint density at radius 1 is 1.38 bits per heavy atom. The van der Waals surface area contributed by atoms with Crippen molar-refractivity contribution < 1.29 is 0 Å². The summed E-state index contributed by atoms with van der Waals surface area (Å²) >= 11 is 3.63. The lowest BCUT2D eigenvalue weighted by atomic mass is 10.1. The Bertz CT molecular complexity index is 367. The number of nitrogens with one attached hydrogen (secondary N) is 1. The predicted octanol–water partition coefficient (Wildman–Crippen LogP) is 2.86. The van der Waals surface area contributed by atoms with Crippen LogP contribution in [0, 0.1) is 13.8 Å². The van der Waals surface area contributed by atoms with Crippen molar-refractivity contribution in [2.45, 2.75) is 26.3 Å². The first-order chi connectivity index (χ1) is 7.61. The maximum Gasteiger partial charge on any atom is 0.0380 e. The molecule has 0 amide bonds. The van der Waals surface area contributed by atoms with Crippen molar-refractivity contribution in [3.8, 4) is 0 Å². The molecule has 0 aliphatic carbocycles. The lowest BCUT2D eigenvalue weighted by Gasteiger charge is -2.20. The number of aryl methyl sites for hydroxylation is 1. The SMILES string of the molecule is CNC1CCN(c2cc(C)c(C)c(Br)c2)C1. The second-order valence-corrected chi connectivity index (χ2v) is 5.44. The lowest BCUT2D eigenvalue weighted by molar-refractivity contribution is 0.617. The van der Waals surface area contributed by atoms with Crippen LogP contribution in [0.15, 0.2) is 16.6 Å². The standard InChI is InChI=1S/C13H19BrN2/c1-9-6-12(7-13(14)10(9)2)16-5-4-11(8-16)15-3/h6-7,11,15H,4-5,8H2,1-3H3. The first-order valence-electron chi connectivity index (χ1n) is 5.80. The normalized spacial score (nSPS) is 20.5. The van der Waals surface area contributed by atoms with E-state index >= 15 is 0 Å². The molecular formula is C13H19BrN2. The Balaban J connectivity index is 2.22. The molecule has 1 unspecified atom stereocenters.